The zero-order valence-electron chi connectivity index (χ0n) is 11.4. The Balaban J connectivity index is 2.12. The minimum Gasteiger partial charge on any atom is -0.316 e. The molecule has 0 amide bonds. The fourth-order valence-corrected chi connectivity index (χ4v) is 4.02. The van der Waals surface area contributed by atoms with E-state index in [1.165, 1.54) is 18.2 Å². The van der Waals surface area contributed by atoms with Crippen LogP contribution in [0.5, 0.6) is 0 Å². The van der Waals surface area contributed by atoms with Crippen LogP contribution in [-0.2, 0) is 20.0 Å². The van der Waals surface area contributed by atoms with E-state index in [1.54, 1.807) is 0 Å². The summed E-state index contributed by atoms with van der Waals surface area (Å²) in [6.07, 6.45) is 1.99. The Labute approximate surface area is 125 Å². The number of hydrogen-bond acceptors (Lipinski definition) is 5. The summed E-state index contributed by atoms with van der Waals surface area (Å²) in [5.41, 5.74) is 0. The molecule has 118 valence electrons. The van der Waals surface area contributed by atoms with E-state index >= 15 is 0 Å². The third kappa shape index (κ3) is 4.48. The summed E-state index contributed by atoms with van der Waals surface area (Å²) in [6.45, 7) is 2.06. The first-order chi connectivity index (χ1) is 9.79. The zero-order chi connectivity index (χ0) is 15.5. The van der Waals surface area contributed by atoms with Gasteiger partial charge in [0.25, 0.3) is 0 Å². The molecular formula is C12H19N3O4S2. The van der Waals surface area contributed by atoms with Crippen molar-refractivity contribution in [2.75, 3.05) is 19.6 Å². The van der Waals surface area contributed by atoms with Crippen LogP contribution >= 0.6 is 0 Å². The van der Waals surface area contributed by atoms with Crippen LogP contribution in [0.2, 0.25) is 0 Å². The first-order valence-corrected chi connectivity index (χ1v) is 9.65. The van der Waals surface area contributed by atoms with E-state index in [9.17, 15) is 16.8 Å². The van der Waals surface area contributed by atoms with Crippen molar-refractivity contribution in [1.82, 2.24) is 10.0 Å². The van der Waals surface area contributed by atoms with E-state index in [0.29, 0.717) is 6.54 Å². The summed E-state index contributed by atoms with van der Waals surface area (Å²) >= 11 is 0. The largest absolute Gasteiger partial charge is 0.316 e. The predicted octanol–water partition coefficient (Wildman–Crippen LogP) is -0.388. The molecule has 9 heteroatoms. The first-order valence-electron chi connectivity index (χ1n) is 6.62. The van der Waals surface area contributed by atoms with Crippen LogP contribution in [0.1, 0.15) is 12.8 Å². The molecule has 0 radical (unpaired) electrons. The zero-order valence-corrected chi connectivity index (χ0v) is 13.1. The van der Waals surface area contributed by atoms with Crippen LogP contribution in [0, 0.1) is 5.92 Å². The maximum Gasteiger partial charge on any atom is 0.240 e. The number of hydrogen-bond donors (Lipinski definition) is 3. The highest BCUT2D eigenvalue weighted by molar-refractivity contribution is 7.90. The van der Waals surface area contributed by atoms with Crippen LogP contribution < -0.4 is 15.2 Å². The summed E-state index contributed by atoms with van der Waals surface area (Å²) in [7, 11) is -7.66. The lowest BCUT2D eigenvalue weighted by atomic mass is 10.0. The summed E-state index contributed by atoms with van der Waals surface area (Å²) in [4.78, 5) is -0.317. The van der Waals surface area contributed by atoms with Gasteiger partial charge in [0, 0.05) is 6.54 Å². The van der Waals surface area contributed by atoms with Gasteiger partial charge in [-0.15, -0.1) is 0 Å². The number of primary sulfonamides is 1. The van der Waals surface area contributed by atoms with Crippen molar-refractivity contribution in [3.05, 3.63) is 24.3 Å². The molecule has 0 aliphatic carbocycles. The molecule has 0 bridgehead atoms. The van der Waals surface area contributed by atoms with E-state index in [1.807, 2.05) is 0 Å². The average molecular weight is 333 g/mol. The Morgan fingerprint density at radius 2 is 1.95 bits per heavy atom. The summed E-state index contributed by atoms with van der Waals surface area (Å²) in [5.74, 6) is 0.245. The van der Waals surface area contributed by atoms with Gasteiger partial charge in [0.05, 0.1) is 9.79 Å². The molecule has 7 nitrogen and oxygen atoms in total. The second-order valence-corrected chi connectivity index (χ2v) is 8.41. The average Bonchev–Trinajstić information content (AvgIpc) is 2.46. The van der Waals surface area contributed by atoms with E-state index in [4.69, 9.17) is 5.14 Å². The van der Waals surface area contributed by atoms with Gasteiger partial charge >= 0.3 is 0 Å². The van der Waals surface area contributed by atoms with Crippen LogP contribution in [0.4, 0.5) is 0 Å². The van der Waals surface area contributed by atoms with Crippen molar-refractivity contribution in [3.63, 3.8) is 0 Å². The molecule has 0 spiro atoms. The molecule has 1 aromatic rings. The quantitative estimate of drug-likeness (QED) is 0.678. The molecule has 2 rings (SSSR count). The van der Waals surface area contributed by atoms with Gasteiger partial charge in [-0.2, -0.15) is 0 Å². The lowest BCUT2D eigenvalue weighted by molar-refractivity contribution is 0.376. The standard InChI is InChI=1S/C12H19N3O4S2/c13-20(16,17)11-4-1-5-12(7-11)21(18,19)15-9-10-3-2-6-14-8-10/h1,4-5,7,10,14-15H,2-3,6,8-9H2,(H2,13,16,17). The predicted molar refractivity (Wildman–Crippen MR) is 78.6 cm³/mol. The van der Waals surface area contributed by atoms with Crippen molar-refractivity contribution < 1.29 is 16.8 Å². The third-order valence-electron chi connectivity index (χ3n) is 3.41. The smallest absolute Gasteiger partial charge is 0.240 e. The molecule has 1 atom stereocenters. The normalized spacial score (nSPS) is 20.3. The van der Waals surface area contributed by atoms with E-state index in [-0.39, 0.29) is 15.7 Å². The molecule has 1 aliphatic heterocycles. The minimum atomic E-state index is -3.92. The SMILES string of the molecule is NS(=O)(=O)c1cccc(S(=O)(=O)NCC2CCCNC2)c1. The number of piperidine rings is 1. The number of nitrogens with one attached hydrogen (secondary N) is 2. The number of benzene rings is 1. The summed E-state index contributed by atoms with van der Waals surface area (Å²) in [5, 5.41) is 8.22. The topological polar surface area (TPSA) is 118 Å². The van der Waals surface area contributed by atoms with Gasteiger partial charge in [-0.1, -0.05) is 6.07 Å². The molecule has 1 heterocycles. The molecule has 0 aromatic heterocycles. The highest BCUT2D eigenvalue weighted by atomic mass is 32.2. The number of rotatable bonds is 5. The van der Waals surface area contributed by atoms with Gasteiger partial charge in [0.15, 0.2) is 0 Å². The molecule has 1 saturated heterocycles. The van der Waals surface area contributed by atoms with Crippen molar-refractivity contribution in [2.24, 2.45) is 11.1 Å². The van der Waals surface area contributed by atoms with E-state index in [0.717, 1.165) is 32.0 Å². The van der Waals surface area contributed by atoms with Crippen LogP contribution in [0.3, 0.4) is 0 Å². The molecule has 1 unspecified atom stereocenters. The fraction of sp³-hybridized carbons (Fsp3) is 0.500. The first kappa shape index (κ1) is 16.4. The third-order valence-corrected chi connectivity index (χ3v) is 5.74. The van der Waals surface area contributed by atoms with Crippen molar-refractivity contribution in [2.45, 2.75) is 22.6 Å². The molecular weight excluding hydrogens is 314 g/mol. The van der Waals surface area contributed by atoms with Gasteiger partial charge in [0.1, 0.15) is 0 Å². The highest BCUT2D eigenvalue weighted by Gasteiger charge is 2.20. The summed E-state index contributed by atoms with van der Waals surface area (Å²) in [6, 6.07) is 5.03. The van der Waals surface area contributed by atoms with Gasteiger partial charge < -0.3 is 5.32 Å². The summed E-state index contributed by atoms with van der Waals surface area (Å²) < 4.78 is 49.4. The van der Waals surface area contributed by atoms with E-state index < -0.39 is 20.0 Å². The van der Waals surface area contributed by atoms with Gasteiger partial charge in [0.2, 0.25) is 20.0 Å². The Morgan fingerprint density at radius 3 is 2.57 bits per heavy atom. The molecule has 1 fully saturated rings. The van der Waals surface area contributed by atoms with Crippen LogP contribution in [0.25, 0.3) is 0 Å². The van der Waals surface area contributed by atoms with Gasteiger partial charge in [-0.3, -0.25) is 0 Å². The van der Waals surface area contributed by atoms with Crippen LogP contribution in [0.15, 0.2) is 34.1 Å². The number of sulfonamides is 2. The Bertz CT molecular complexity index is 695. The molecule has 0 saturated carbocycles. The molecule has 4 N–H and O–H groups in total. The number of nitrogens with two attached hydrogens (primary N) is 1. The molecule has 1 aliphatic rings. The minimum absolute atomic E-state index is 0.0993. The lowest BCUT2D eigenvalue weighted by Gasteiger charge is -2.22. The monoisotopic (exact) mass is 333 g/mol. The fourth-order valence-electron chi connectivity index (χ4n) is 2.23. The Kier molecular flexibility index (Phi) is 4.99. The maximum absolute atomic E-state index is 12.2. The molecule has 1 aromatic carbocycles. The Hall–Kier alpha value is -1.00. The van der Waals surface area contributed by atoms with Gasteiger partial charge in [-0.25, -0.2) is 26.7 Å². The maximum atomic E-state index is 12.2. The highest BCUT2D eigenvalue weighted by Crippen LogP contribution is 2.15. The molecule has 21 heavy (non-hydrogen) atoms. The second kappa shape index (κ2) is 6.41. The van der Waals surface area contributed by atoms with Crippen LogP contribution in [-0.4, -0.2) is 36.5 Å². The van der Waals surface area contributed by atoms with E-state index in [2.05, 4.69) is 10.0 Å². The van der Waals surface area contributed by atoms with Crippen molar-refractivity contribution in [3.8, 4) is 0 Å². The van der Waals surface area contributed by atoms with Gasteiger partial charge in [-0.05, 0) is 50.0 Å². The Morgan fingerprint density at radius 1 is 1.24 bits per heavy atom. The van der Waals surface area contributed by atoms with Crippen molar-refractivity contribution >= 4 is 20.0 Å². The lowest BCUT2D eigenvalue weighted by Crippen LogP contribution is -2.38. The van der Waals surface area contributed by atoms with Crippen molar-refractivity contribution in [1.29, 1.82) is 0 Å². The second-order valence-electron chi connectivity index (χ2n) is 5.08.